The number of Topliss-reactive ketones (excluding diaryl/α,β-unsaturated/α-hetero) is 1. The van der Waals surface area contributed by atoms with Crippen LogP contribution in [0, 0.1) is 17.8 Å². The maximum absolute atomic E-state index is 12.2. The van der Waals surface area contributed by atoms with Crippen LogP contribution >= 0.6 is 15.9 Å². The van der Waals surface area contributed by atoms with E-state index < -0.39 is 0 Å². The molecule has 1 aromatic heterocycles. The predicted octanol–water partition coefficient (Wildman–Crippen LogP) is 3.39. The highest BCUT2D eigenvalue weighted by molar-refractivity contribution is 9.10. The van der Waals surface area contributed by atoms with E-state index in [1.165, 1.54) is 25.7 Å². The number of fused-ring (bicyclic) bond motifs is 1. The third-order valence-corrected chi connectivity index (χ3v) is 4.64. The van der Waals surface area contributed by atoms with E-state index in [-0.39, 0.29) is 0 Å². The molecule has 2 saturated carbocycles. The van der Waals surface area contributed by atoms with Crippen LogP contribution in [0.1, 0.15) is 31.4 Å². The Bertz CT molecular complexity index is 416. The lowest BCUT2D eigenvalue weighted by molar-refractivity contribution is -0.120. The quantitative estimate of drug-likeness (QED) is 0.855. The van der Waals surface area contributed by atoms with Gasteiger partial charge in [0.05, 0.1) is 0 Å². The van der Waals surface area contributed by atoms with Crippen LogP contribution in [0.2, 0.25) is 0 Å². The van der Waals surface area contributed by atoms with Gasteiger partial charge in [-0.25, -0.2) is 0 Å². The maximum atomic E-state index is 12.2. The van der Waals surface area contributed by atoms with Crippen LogP contribution in [-0.4, -0.2) is 10.8 Å². The van der Waals surface area contributed by atoms with E-state index in [0.717, 1.165) is 10.2 Å². The Labute approximate surface area is 110 Å². The summed E-state index contributed by atoms with van der Waals surface area (Å²) in [6.07, 6.45) is 7.47. The van der Waals surface area contributed by atoms with Gasteiger partial charge in [-0.3, -0.25) is 9.78 Å². The first-order chi connectivity index (χ1) is 8.25. The summed E-state index contributed by atoms with van der Waals surface area (Å²) in [7, 11) is 0. The third-order valence-electron chi connectivity index (χ3n) is 4.17. The fraction of sp³-hybridized carbons (Fsp3) is 0.571. The molecule has 3 rings (SSSR count). The lowest BCUT2D eigenvalue weighted by Gasteiger charge is -2.04. The third kappa shape index (κ3) is 2.30. The molecule has 2 atom stereocenters. The molecule has 2 aliphatic carbocycles. The van der Waals surface area contributed by atoms with Crippen molar-refractivity contribution in [3.63, 3.8) is 0 Å². The van der Waals surface area contributed by atoms with Crippen LogP contribution in [0.3, 0.4) is 0 Å². The molecule has 0 spiro atoms. The highest BCUT2D eigenvalue weighted by Gasteiger charge is 2.53. The van der Waals surface area contributed by atoms with Crippen LogP contribution in [0.15, 0.2) is 22.8 Å². The second kappa shape index (κ2) is 4.52. The minimum Gasteiger partial charge on any atom is -0.299 e. The molecule has 0 aliphatic heterocycles. The van der Waals surface area contributed by atoms with Gasteiger partial charge in [0.2, 0.25) is 0 Å². The molecule has 0 amide bonds. The second-order valence-corrected chi connectivity index (χ2v) is 6.16. The molecule has 0 radical (unpaired) electrons. The fourth-order valence-corrected chi connectivity index (χ4v) is 3.51. The molecule has 3 heteroatoms. The standard InChI is InChI=1S/C14H16BrNO/c15-9-5-6-10(16-8-9)7-13(17)14-11-3-1-2-4-12(11)14/h5-6,8,11-12,14H,1-4,7H2. The summed E-state index contributed by atoms with van der Waals surface area (Å²) in [6.45, 7) is 0. The van der Waals surface area contributed by atoms with Gasteiger partial charge in [0.1, 0.15) is 5.78 Å². The van der Waals surface area contributed by atoms with Gasteiger partial charge in [0.15, 0.2) is 0 Å². The van der Waals surface area contributed by atoms with Gasteiger partial charge in [-0.05, 0) is 52.7 Å². The number of carbonyl (C=O) groups is 1. The molecular weight excluding hydrogens is 278 g/mol. The lowest BCUT2D eigenvalue weighted by Crippen LogP contribution is -2.08. The summed E-state index contributed by atoms with van der Waals surface area (Å²) in [5, 5.41) is 0. The lowest BCUT2D eigenvalue weighted by atomic mass is 10.0. The summed E-state index contributed by atoms with van der Waals surface area (Å²) in [5.74, 6) is 2.21. The highest BCUT2D eigenvalue weighted by Crippen LogP contribution is 2.55. The first-order valence-electron chi connectivity index (χ1n) is 6.39. The van der Waals surface area contributed by atoms with Crippen molar-refractivity contribution in [1.82, 2.24) is 4.98 Å². The smallest absolute Gasteiger partial charge is 0.142 e. The molecule has 17 heavy (non-hydrogen) atoms. The van der Waals surface area contributed by atoms with Crippen LogP contribution < -0.4 is 0 Å². The molecule has 0 N–H and O–H groups in total. The Kier molecular flexibility index (Phi) is 3.03. The molecule has 2 aliphatic rings. The molecule has 2 nitrogen and oxygen atoms in total. The largest absolute Gasteiger partial charge is 0.299 e. The zero-order valence-corrected chi connectivity index (χ0v) is 11.3. The minimum atomic E-state index is 0.364. The van der Waals surface area contributed by atoms with Crippen LogP contribution in [0.25, 0.3) is 0 Å². The van der Waals surface area contributed by atoms with Crippen molar-refractivity contribution in [2.45, 2.75) is 32.1 Å². The van der Waals surface area contributed by atoms with Crippen LogP contribution in [0.4, 0.5) is 0 Å². The molecule has 0 bridgehead atoms. The molecule has 0 saturated heterocycles. The number of aromatic nitrogens is 1. The first-order valence-corrected chi connectivity index (χ1v) is 7.18. The number of hydrogen-bond acceptors (Lipinski definition) is 2. The van der Waals surface area contributed by atoms with E-state index in [9.17, 15) is 4.79 Å². The number of pyridine rings is 1. The zero-order valence-electron chi connectivity index (χ0n) is 9.73. The van der Waals surface area contributed by atoms with Crippen molar-refractivity contribution in [2.75, 3.05) is 0 Å². The maximum Gasteiger partial charge on any atom is 0.142 e. The Hall–Kier alpha value is -0.700. The molecule has 1 heterocycles. The van der Waals surface area contributed by atoms with Crippen molar-refractivity contribution < 1.29 is 4.79 Å². The summed E-state index contributed by atoms with van der Waals surface area (Å²) < 4.78 is 0.966. The van der Waals surface area contributed by atoms with Gasteiger partial charge in [-0.1, -0.05) is 12.8 Å². The SMILES string of the molecule is O=C(Cc1ccc(Br)cn1)C1C2CCCCC21. The van der Waals surface area contributed by atoms with Crippen LogP contribution in [0.5, 0.6) is 0 Å². The topological polar surface area (TPSA) is 30.0 Å². The fourth-order valence-electron chi connectivity index (χ4n) is 3.28. The monoisotopic (exact) mass is 293 g/mol. The van der Waals surface area contributed by atoms with Gasteiger partial charge in [-0.2, -0.15) is 0 Å². The van der Waals surface area contributed by atoms with Crippen molar-refractivity contribution >= 4 is 21.7 Å². The van der Waals surface area contributed by atoms with E-state index in [1.807, 2.05) is 12.1 Å². The van der Waals surface area contributed by atoms with E-state index in [2.05, 4.69) is 20.9 Å². The summed E-state index contributed by atoms with van der Waals surface area (Å²) in [5.41, 5.74) is 0.904. The summed E-state index contributed by atoms with van der Waals surface area (Å²) in [6, 6.07) is 3.89. The molecule has 2 fully saturated rings. The number of rotatable bonds is 3. The van der Waals surface area contributed by atoms with Crippen molar-refractivity contribution in [3.8, 4) is 0 Å². The van der Waals surface area contributed by atoms with Gasteiger partial charge in [-0.15, -0.1) is 0 Å². The number of carbonyl (C=O) groups excluding carboxylic acids is 1. The van der Waals surface area contributed by atoms with Crippen LogP contribution in [-0.2, 0) is 11.2 Å². The molecule has 2 unspecified atom stereocenters. The number of ketones is 1. The molecule has 0 aromatic carbocycles. The van der Waals surface area contributed by atoms with E-state index in [4.69, 9.17) is 0 Å². The van der Waals surface area contributed by atoms with E-state index >= 15 is 0 Å². The Morgan fingerprint density at radius 3 is 2.59 bits per heavy atom. The second-order valence-electron chi connectivity index (χ2n) is 5.25. The minimum absolute atomic E-state index is 0.364. The molecule has 90 valence electrons. The van der Waals surface area contributed by atoms with Gasteiger partial charge in [0, 0.05) is 28.7 Å². The van der Waals surface area contributed by atoms with Crippen molar-refractivity contribution in [1.29, 1.82) is 0 Å². The van der Waals surface area contributed by atoms with Gasteiger partial charge >= 0.3 is 0 Å². The normalized spacial score (nSPS) is 30.8. The Morgan fingerprint density at radius 1 is 1.29 bits per heavy atom. The number of halogens is 1. The van der Waals surface area contributed by atoms with E-state index in [1.54, 1.807) is 6.20 Å². The van der Waals surface area contributed by atoms with Crippen molar-refractivity contribution in [3.05, 3.63) is 28.5 Å². The first kappa shape index (κ1) is 11.4. The van der Waals surface area contributed by atoms with Gasteiger partial charge < -0.3 is 0 Å². The zero-order chi connectivity index (χ0) is 11.8. The Balaban J connectivity index is 1.62. The van der Waals surface area contributed by atoms with E-state index in [0.29, 0.717) is 30.0 Å². The average Bonchev–Trinajstić information content (AvgIpc) is 3.06. The molecule has 1 aromatic rings. The van der Waals surface area contributed by atoms with Gasteiger partial charge in [0.25, 0.3) is 0 Å². The number of nitrogens with zero attached hydrogens (tertiary/aromatic N) is 1. The summed E-state index contributed by atoms with van der Waals surface area (Å²) in [4.78, 5) is 16.5. The predicted molar refractivity (Wildman–Crippen MR) is 69.6 cm³/mol. The van der Waals surface area contributed by atoms with Crippen molar-refractivity contribution in [2.24, 2.45) is 17.8 Å². The summed E-state index contributed by atoms with van der Waals surface area (Å²) >= 11 is 3.36. The molecular formula is C14H16BrNO. The average molecular weight is 294 g/mol. The Morgan fingerprint density at radius 2 is 2.00 bits per heavy atom. The number of hydrogen-bond donors (Lipinski definition) is 0. The highest BCUT2D eigenvalue weighted by atomic mass is 79.9.